The maximum atomic E-state index is 2.53. The highest BCUT2D eigenvalue weighted by Crippen LogP contribution is 2.40. The second-order valence-corrected chi connectivity index (χ2v) is 6.10. The summed E-state index contributed by atoms with van der Waals surface area (Å²) < 4.78 is 0. The summed E-state index contributed by atoms with van der Waals surface area (Å²) in [6.07, 6.45) is 3.78. The zero-order valence-corrected chi connectivity index (χ0v) is 11.3. The molecule has 2 atom stereocenters. The summed E-state index contributed by atoms with van der Waals surface area (Å²) >= 11 is 0. The van der Waals surface area contributed by atoms with Gasteiger partial charge in [0.1, 0.15) is 0 Å². The van der Waals surface area contributed by atoms with Crippen LogP contribution in [0.15, 0.2) is 48.5 Å². The monoisotopic (exact) mass is 249 g/mol. The largest absolute Gasteiger partial charge is 0.305 e. The Bertz CT molecular complexity index is 656. The van der Waals surface area contributed by atoms with Gasteiger partial charge in [-0.2, -0.15) is 0 Å². The summed E-state index contributed by atoms with van der Waals surface area (Å²) in [4.78, 5) is 2.46. The number of rotatable bonds is 1. The van der Waals surface area contributed by atoms with Gasteiger partial charge in [0.05, 0.1) is 0 Å². The third-order valence-corrected chi connectivity index (χ3v) is 4.69. The van der Waals surface area contributed by atoms with Crippen LogP contribution in [-0.2, 0) is 0 Å². The number of likely N-dealkylation sites (tertiary alicyclic amines) is 1. The first-order valence-electron chi connectivity index (χ1n) is 7.18. The smallest absolute Gasteiger partial charge is 0.00449 e. The molecule has 0 spiro atoms. The van der Waals surface area contributed by atoms with Gasteiger partial charge < -0.3 is 4.90 Å². The van der Waals surface area contributed by atoms with Crippen molar-refractivity contribution in [1.29, 1.82) is 0 Å². The summed E-state index contributed by atoms with van der Waals surface area (Å²) in [5.74, 6) is 1.64. The van der Waals surface area contributed by atoms with Crippen LogP contribution in [0, 0.1) is 11.8 Å². The predicted octanol–water partition coefficient (Wildman–Crippen LogP) is 3.80. The van der Waals surface area contributed by atoms with E-state index < -0.39 is 0 Å². The Balaban J connectivity index is 1.70. The molecule has 19 heavy (non-hydrogen) atoms. The van der Waals surface area contributed by atoms with E-state index in [-0.39, 0.29) is 0 Å². The van der Waals surface area contributed by atoms with Gasteiger partial charge in [0.2, 0.25) is 0 Å². The SMILES string of the molecule is CN1CC2C=C(c3ccc4ccccc4c3)CC2C1. The summed E-state index contributed by atoms with van der Waals surface area (Å²) in [7, 11) is 2.24. The number of benzene rings is 2. The van der Waals surface area contributed by atoms with Crippen molar-refractivity contribution in [3.8, 4) is 0 Å². The zero-order valence-electron chi connectivity index (χ0n) is 11.3. The molecule has 0 saturated carbocycles. The minimum absolute atomic E-state index is 0.784. The summed E-state index contributed by atoms with van der Waals surface area (Å²) in [5, 5.41) is 2.69. The quantitative estimate of drug-likeness (QED) is 0.743. The van der Waals surface area contributed by atoms with Crippen molar-refractivity contribution >= 4 is 16.3 Å². The molecule has 0 amide bonds. The third-order valence-electron chi connectivity index (χ3n) is 4.69. The van der Waals surface area contributed by atoms with Crippen molar-refractivity contribution in [3.63, 3.8) is 0 Å². The van der Waals surface area contributed by atoms with E-state index in [1.807, 2.05) is 0 Å². The van der Waals surface area contributed by atoms with Crippen LogP contribution in [0.4, 0.5) is 0 Å². The molecule has 2 unspecified atom stereocenters. The van der Waals surface area contributed by atoms with Gasteiger partial charge in [0.25, 0.3) is 0 Å². The molecule has 2 aromatic rings. The topological polar surface area (TPSA) is 3.24 Å². The molecule has 4 rings (SSSR count). The average molecular weight is 249 g/mol. The molecule has 0 N–H and O–H groups in total. The number of hydrogen-bond acceptors (Lipinski definition) is 1. The van der Waals surface area contributed by atoms with Crippen LogP contribution in [0.1, 0.15) is 12.0 Å². The molecule has 1 nitrogen and oxygen atoms in total. The Morgan fingerprint density at radius 1 is 1.00 bits per heavy atom. The Kier molecular flexibility index (Phi) is 2.49. The fraction of sp³-hybridized carbons (Fsp3) is 0.333. The van der Waals surface area contributed by atoms with Gasteiger partial charge in [0.15, 0.2) is 0 Å². The molecule has 2 aromatic carbocycles. The first-order chi connectivity index (χ1) is 9.29. The number of fused-ring (bicyclic) bond motifs is 2. The normalized spacial score (nSPS) is 26.7. The van der Waals surface area contributed by atoms with Gasteiger partial charge in [-0.05, 0) is 53.3 Å². The van der Waals surface area contributed by atoms with Crippen LogP contribution < -0.4 is 0 Å². The molecule has 1 saturated heterocycles. The van der Waals surface area contributed by atoms with E-state index in [0.717, 1.165) is 11.8 Å². The fourth-order valence-electron chi connectivity index (χ4n) is 3.74. The lowest BCUT2D eigenvalue weighted by atomic mass is 9.97. The van der Waals surface area contributed by atoms with E-state index in [4.69, 9.17) is 0 Å². The van der Waals surface area contributed by atoms with Gasteiger partial charge in [-0.25, -0.2) is 0 Å². The lowest BCUT2D eigenvalue weighted by Gasteiger charge is -2.10. The van der Waals surface area contributed by atoms with Crippen molar-refractivity contribution in [2.75, 3.05) is 20.1 Å². The first kappa shape index (κ1) is 11.2. The zero-order chi connectivity index (χ0) is 12.8. The molecular formula is C18H19N. The van der Waals surface area contributed by atoms with Gasteiger partial charge >= 0.3 is 0 Å². The second-order valence-electron chi connectivity index (χ2n) is 6.10. The van der Waals surface area contributed by atoms with Crippen molar-refractivity contribution in [2.45, 2.75) is 6.42 Å². The molecule has 96 valence electrons. The summed E-state index contributed by atoms with van der Waals surface area (Å²) in [6, 6.07) is 15.5. The minimum Gasteiger partial charge on any atom is -0.305 e. The molecule has 1 aliphatic carbocycles. The third kappa shape index (κ3) is 1.89. The number of allylic oxidation sites excluding steroid dienone is 1. The van der Waals surface area contributed by atoms with Crippen LogP contribution in [-0.4, -0.2) is 25.0 Å². The van der Waals surface area contributed by atoms with Crippen LogP contribution in [0.3, 0.4) is 0 Å². The minimum atomic E-state index is 0.784. The van der Waals surface area contributed by atoms with Gasteiger partial charge in [0, 0.05) is 13.1 Å². The van der Waals surface area contributed by atoms with Crippen molar-refractivity contribution < 1.29 is 0 Å². The summed E-state index contributed by atoms with van der Waals surface area (Å²) in [6.45, 7) is 2.50. The Labute approximate surface area is 114 Å². The lowest BCUT2D eigenvalue weighted by Crippen LogP contribution is -2.14. The molecule has 0 aromatic heterocycles. The lowest BCUT2D eigenvalue weighted by molar-refractivity contribution is 0.395. The summed E-state index contributed by atoms with van der Waals surface area (Å²) in [5.41, 5.74) is 2.99. The van der Waals surface area contributed by atoms with Crippen LogP contribution in [0.25, 0.3) is 16.3 Å². The van der Waals surface area contributed by atoms with Gasteiger partial charge in [-0.15, -0.1) is 0 Å². The van der Waals surface area contributed by atoms with Crippen molar-refractivity contribution in [1.82, 2.24) is 4.90 Å². The first-order valence-corrected chi connectivity index (χ1v) is 7.18. The van der Waals surface area contributed by atoms with Crippen LogP contribution >= 0.6 is 0 Å². The Morgan fingerprint density at radius 3 is 2.68 bits per heavy atom. The molecule has 2 aliphatic rings. The molecule has 1 heterocycles. The van der Waals surface area contributed by atoms with E-state index in [1.54, 1.807) is 5.57 Å². The molecule has 0 radical (unpaired) electrons. The molecule has 1 heteroatoms. The fourth-order valence-corrected chi connectivity index (χ4v) is 3.74. The van der Waals surface area contributed by atoms with Gasteiger partial charge in [-0.1, -0.05) is 42.5 Å². The molecular weight excluding hydrogens is 230 g/mol. The number of hydrogen-bond donors (Lipinski definition) is 0. The average Bonchev–Trinajstić information content (AvgIpc) is 2.95. The predicted molar refractivity (Wildman–Crippen MR) is 81.0 cm³/mol. The van der Waals surface area contributed by atoms with Gasteiger partial charge in [-0.3, -0.25) is 0 Å². The maximum Gasteiger partial charge on any atom is 0.00449 e. The van der Waals surface area contributed by atoms with E-state index >= 15 is 0 Å². The molecule has 0 bridgehead atoms. The number of nitrogens with zero attached hydrogens (tertiary/aromatic N) is 1. The van der Waals surface area contributed by atoms with Crippen LogP contribution in [0.5, 0.6) is 0 Å². The van der Waals surface area contributed by atoms with Crippen molar-refractivity contribution in [3.05, 3.63) is 54.1 Å². The van der Waals surface area contributed by atoms with E-state index in [0.29, 0.717) is 0 Å². The van der Waals surface area contributed by atoms with Crippen LogP contribution in [0.2, 0.25) is 0 Å². The van der Waals surface area contributed by atoms with E-state index in [2.05, 4.69) is 60.5 Å². The van der Waals surface area contributed by atoms with E-state index in [1.165, 1.54) is 35.8 Å². The Hall–Kier alpha value is -1.60. The van der Waals surface area contributed by atoms with E-state index in [9.17, 15) is 0 Å². The highest BCUT2D eigenvalue weighted by molar-refractivity contribution is 5.86. The maximum absolute atomic E-state index is 2.53. The molecule has 1 fully saturated rings. The highest BCUT2D eigenvalue weighted by Gasteiger charge is 2.34. The standard InChI is InChI=1S/C18H19N/c1-19-11-17-9-16(10-18(17)12-19)15-7-6-13-4-2-3-5-14(13)8-15/h2-9,17-18H,10-12H2,1H3. The Morgan fingerprint density at radius 2 is 1.84 bits per heavy atom. The molecule has 1 aliphatic heterocycles. The highest BCUT2D eigenvalue weighted by atomic mass is 15.1. The second kappa shape index (κ2) is 4.21. The van der Waals surface area contributed by atoms with Crippen molar-refractivity contribution in [2.24, 2.45) is 11.8 Å².